The van der Waals surface area contributed by atoms with E-state index in [4.69, 9.17) is 5.11 Å². The van der Waals surface area contributed by atoms with Crippen LogP contribution in [0.3, 0.4) is 0 Å². The molecule has 3 nitrogen and oxygen atoms in total. The molecule has 1 fully saturated rings. The van der Waals surface area contributed by atoms with Crippen LogP contribution >= 0.6 is 0 Å². The average Bonchev–Trinajstić information content (AvgIpc) is 2.81. The fourth-order valence-electron chi connectivity index (χ4n) is 1.68. The molecule has 1 aromatic rings. The van der Waals surface area contributed by atoms with Crippen molar-refractivity contribution in [2.45, 2.75) is 19.3 Å². The van der Waals surface area contributed by atoms with Gasteiger partial charge in [0.15, 0.2) is 0 Å². The van der Waals surface area contributed by atoms with E-state index >= 15 is 0 Å². The van der Waals surface area contributed by atoms with E-state index in [2.05, 4.69) is 4.98 Å². The van der Waals surface area contributed by atoms with Crippen molar-refractivity contribution in [3.05, 3.63) is 30.1 Å². The first kappa shape index (κ1) is 8.23. The molecule has 13 heavy (non-hydrogen) atoms. The van der Waals surface area contributed by atoms with Gasteiger partial charge in [-0.05, 0) is 31.0 Å². The van der Waals surface area contributed by atoms with Gasteiger partial charge in [-0.15, -0.1) is 0 Å². The summed E-state index contributed by atoms with van der Waals surface area (Å²) in [6.45, 7) is 1.79. The lowest BCUT2D eigenvalue weighted by Gasteiger charge is -2.03. The molecule has 2 atom stereocenters. The number of rotatable bonds is 2. The molecule has 1 N–H and O–H groups in total. The molecule has 1 saturated carbocycles. The molecule has 3 heteroatoms. The smallest absolute Gasteiger partial charge is 0.309 e. The summed E-state index contributed by atoms with van der Waals surface area (Å²) in [4.78, 5) is 14.8. The second-order valence-corrected chi connectivity index (χ2v) is 3.76. The van der Waals surface area contributed by atoms with Crippen LogP contribution in [0.4, 0.5) is 0 Å². The van der Waals surface area contributed by atoms with E-state index in [0.29, 0.717) is 0 Å². The molecule has 1 heterocycles. The maximum Gasteiger partial charge on any atom is 0.309 e. The second kappa shape index (κ2) is 2.55. The highest BCUT2D eigenvalue weighted by molar-refractivity contribution is 5.79. The normalized spacial score (nSPS) is 31.3. The van der Waals surface area contributed by atoms with Crippen LogP contribution < -0.4 is 0 Å². The third-order valence-corrected chi connectivity index (χ3v) is 2.83. The third-order valence-electron chi connectivity index (χ3n) is 2.83. The topological polar surface area (TPSA) is 50.2 Å². The summed E-state index contributed by atoms with van der Waals surface area (Å²) in [5.41, 5.74) is 0.543. The number of hydrogen-bond donors (Lipinski definition) is 1. The first-order valence-electron chi connectivity index (χ1n) is 4.28. The SMILES string of the molecule is CC1(C(=O)O)CC1c1ccncc1. The minimum absolute atomic E-state index is 0.174. The zero-order valence-corrected chi connectivity index (χ0v) is 7.40. The zero-order valence-electron chi connectivity index (χ0n) is 7.40. The lowest BCUT2D eigenvalue weighted by atomic mass is 10.0. The number of carbonyl (C=O) groups is 1. The first-order chi connectivity index (χ1) is 6.14. The molecule has 0 aromatic carbocycles. The highest BCUT2D eigenvalue weighted by Crippen LogP contribution is 2.58. The van der Waals surface area contributed by atoms with Gasteiger partial charge in [0, 0.05) is 18.3 Å². The van der Waals surface area contributed by atoms with Crippen molar-refractivity contribution in [3.63, 3.8) is 0 Å². The molecule has 1 aliphatic carbocycles. The maximum atomic E-state index is 10.9. The Morgan fingerprint density at radius 3 is 2.69 bits per heavy atom. The van der Waals surface area contributed by atoms with Gasteiger partial charge in [0.05, 0.1) is 5.41 Å². The van der Waals surface area contributed by atoms with E-state index in [1.54, 1.807) is 19.3 Å². The molecule has 0 spiro atoms. The van der Waals surface area contributed by atoms with Crippen molar-refractivity contribution in [2.75, 3.05) is 0 Å². The summed E-state index contributed by atoms with van der Waals surface area (Å²) in [6, 6.07) is 3.78. The van der Waals surface area contributed by atoms with Gasteiger partial charge in [0.2, 0.25) is 0 Å². The van der Waals surface area contributed by atoms with E-state index in [0.717, 1.165) is 12.0 Å². The van der Waals surface area contributed by atoms with Crippen molar-refractivity contribution in [3.8, 4) is 0 Å². The summed E-state index contributed by atoms with van der Waals surface area (Å²) in [5, 5.41) is 8.93. The quantitative estimate of drug-likeness (QED) is 0.747. The fraction of sp³-hybridized carbons (Fsp3) is 0.400. The van der Waals surface area contributed by atoms with Crippen LogP contribution in [-0.2, 0) is 4.79 Å². The molecule has 0 radical (unpaired) electrons. The molecule has 68 valence electrons. The molecular formula is C10H11NO2. The van der Waals surface area contributed by atoms with Gasteiger partial charge in [0.25, 0.3) is 0 Å². The molecule has 0 bridgehead atoms. The molecule has 1 aromatic heterocycles. The van der Waals surface area contributed by atoms with Crippen molar-refractivity contribution >= 4 is 5.97 Å². The van der Waals surface area contributed by atoms with Crippen molar-refractivity contribution in [1.29, 1.82) is 0 Å². The number of carboxylic acid groups (broad SMARTS) is 1. The molecule has 2 rings (SSSR count). The molecule has 0 amide bonds. The van der Waals surface area contributed by atoms with Gasteiger partial charge in [-0.1, -0.05) is 0 Å². The van der Waals surface area contributed by atoms with E-state index in [9.17, 15) is 4.79 Å². The number of aliphatic carboxylic acids is 1. The average molecular weight is 177 g/mol. The largest absolute Gasteiger partial charge is 0.481 e. The highest BCUT2D eigenvalue weighted by atomic mass is 16.4. The van der Waals surface area contributed by atoms with E-state index in [1.165, 1.54) is 0 Å². The van der Waals surface area contributed by atoms with Gasteiger partial charge in [-0.2, -0.15) is 0 Å². The first-order valence-corrected chi connectivity index (χ1v) is 4.28. The predicted molar refractivity (Wildman–Crippen MR) is 47.3 cm³/mol. The van der Waals surface area contributed by atoms with Gasteiger partial charge in [-0.3, -0.25) is 9.78 Å². The highest BCUT2D eigenvalue weighted by Gasteiger charge is 2.56. The Kier molecular flexibility index (Phi) is 1.62. The van der Waals surface area contributed by atoms with Crippen molar-refractivity contribution in [1.82, 2.24) is 4.98 Å². The summed E-state index contributed by atoms with van der Waals surface area (Å²) >= 11 is 0. The fourth-order valence-corrected chi connectivity index (χ4v) is 1.68. The van der Waals surface area contributed by atoms with Gasteiger partial charge in [-0.25, -0.2) is 0 Å². The summed E-state index contributed by atoms with van der Waals surface area (Å²) < 4.78 is 0. The number of nitrogens with zero attached hydrogens (tertiary/aromatic N) is 1. The molecule has 0 aliphatic heterocycles. The summed E-state index contributed by atoms with van der Waals surface area (Å²) in [7, 11) is 0. The standard InChI is InChI=1S/C10H11NO2/c1-10(9(12)13)6-8(10)7-2-4-11-5-3-7/h2-5,8H,6H2,1H3,(H,12,13). The minimum atomic E-state index is -0.700. The Labute approximate surface area is 76.4 Å². The van der Waals surface area contributed by atoms with Crippen LogP contribution in [0.1, 0.15) is 24.8 Å². The Morgan fingerprint density at radius 2 is 2.23 bits per heavy atom. The van der Waals surface area contributed by atoms with E-state index < -0.39 is 11.4 Å². The number of hydrogen-bond acceptors (Lipinski definition) is 2. The summed E-state index contributed by atoms with van der Waals surface area (Å²) in [5.74, 6) is -0.526. The Hall–Kier alpha value is -1.38. The van der Waals surface area contributed by atoms with Crippen LogP contribution in [0.15, 0.2) is 24.5 Å². The second-order valence-electron chi connectivity index (χ2n) is 3.76. The lowest BCUT2D eigenvalue weighted by molar-refractivity contribution is -0.142. The maximum absolute atomic E-state index is 10.9. The van der Waals surface area contributed by atoms with Gasteiger partial charge < -0.3 is 5.11 Å². The van der Waals surface area contributed by atoms with Gasteiger partial charge in [0.1, 0.15) is 0 Å². The van der Waals surface area contributed by atoms with Gasteiger partial charge >= 0.3 is 5.97 Å². The Morgan fingerprint density at radius 1 is 1.62 bits per heavy atom. The Bertz CT molecular complexity index is 336. The summed E-state index contributed by atoms with van der Waals surface area (Å²) in [6.07, 6.45) is 4.15. The Balaban J connectivity index is 2.21. The number of pyridine rings is 1. The van der Waals surface area contributed by atoms with E-state index in [-0.39, 0.29) is 5.92 Å². The van der Waals surface area contributed by atoms with Crippen molar-refractivity contribution < 1.29 is 9.90 Å². The van der Waals surface area contributed by atoms with E-state index in [1.807, 2.05) is 12.1 Å². The van der Waals surface area contributed by atoms with Crippen molar-refractivity contribution in [2.24, 2.45) is 5.41 Å². The molecular weight excluding hydrogens is 166 g/mol. The third kappa shape index (κ3) is 1.20. The van der Waals surface area contributed by atoms with Crippen LogP contribution in [0, 0.1) is 5.41 Å². The monoisotopic (exact) mass is 177 g/mol. The van der Waals surface area contributed by atoms with Crippen LogP contribution in [-0.4, -0.2) is 16.1 Å². The van der Waals surface area contributed by atoms with Crippen LogP contribution in [0.2, 0.25) is 0 Å². The van der Waals surface area contributed by atoms with Crippen LogP contribution in [0.25, 0.3) is 0 Å². The molecule has 0 saturated heterocycles. The minimum Gasteiger partial charge on any atom is -0.481 e. The lowest BCUT2D eigenvalue weighted by Crippen LogP contribution is -2.12. The zero-order chi connectivity index (χ0) is 9.47. The molecule has 2 unspecified atom stereocenters. The van der Waals surface area contributed by atoms with Crippen LogP contribution in [0.5, 0.6) is 0 Å². The number of aromatic nitrogens is 1. The predicted octanol–water partition coefficient (Wildman–Crippen LogP) is 1.66. The number of carboxylic acids is 1. The molecule has 1 aliphatic rings.